The Morgan fingerprint density at radius 1 is 0.947 bits per heavy atom. The van der Waals surface area contributed by atoms with Crippen LogP contribution in [0.2, 0.25) is 0 Å². The molecule has 0 aliphatic heterocycles. The topological polar surface area (TPSA) is 15.8 Å². The number of nitrogens with one attached hydrogen (secondary N) is 1. The van der Waals surface area contributed by atoms with E-state index in [1.165, 1.54) is 32.4 Å². The standard InChI is InChI=1S/C16H10FNS/c17-11-7-5-10(6-8-11)13-9-18-15-12-3-1-2-4-14(12)19-16(13)15/h1-9,18H. The maximum atomic E-state index is 13.0. The van der Waals surface area contributed by atoms with Gasteiger partial charge in [0.15, 0.2) is 0 Å². The summed E-state index contributed by atoms with van der Waals surface area (Å²) in [6, 6.07) is 15.0. The van der Waals surface area contributed by atoms with Crippen molar-refractivity contribution in [1.82, 2.24) is 4.98 Å². The molecular weight excluding hydrogens is 257 g/mol. The zero-order valence-corrected chi connectivity index (χ0v) is 10.8. The molecule has 2 aromatic heterocycles. The quantitative estimate of drug-likeness (QED) is 0.488. The molecule has 0 saturated carbocycles. The molecule has 2 heterocycles. The number of rotatable bonds is 1. The molecule has 0 bridgehead atoms. The first-order valence-corrected chi connectivity index (χ1v) is 6.89. The minimum atomic E-state index is -0.202. The number of benzene rings is 2. The lowest BCUT2D eigenvalue weighted by Crippen LogP contribution is -1.75. The molecule has 0 spiro atoms. The van der Waals surface area contributed by atoms with Gasteiger partial charge in [0.25, 0.3) is 0 Å². The zero-order valence-electron chi connectivity index (χ0n) is 9.98. The average molecular weight is 267 g/mol. The van der Waals surface area contributed by atoms with Crippen molar-refractivity contribution < 1.29 is 4.39 Å². The molecule has 0 fully saturated rings. The van der Waals surface area contributed by atoms with Crippen molar-refractivity contribution in [2.75, 3.05) is 0 Å². The third kappa shape index (κ3) is 1.59. The molecule has 0 aliphatic rings. The summed E-state index contributed by atoms with van der Waals surface area (Å²) in [6.07, 6.45) is 2.00. The Hall–Kier alpha value is -2.13. The third-order valence-corrected chi connectivity index (χ3v) is 4.56. The summed E-state index contributed by atoms with van der Waals surface area (Å²) in [6.45, 7) is 0. The number of hydrogen-bond donors (Lipinski definition) is 1. The Bertz CT molecular complexity index is 871. The van der Waals surface area contributed by atoms with E-state index in [2.05, 4.69) is 23.2 Å². The van der Waals surface area contributed by atoms with Gasteiger partial charge in [0.2, 0.25) is 0 Å². The molecule has 0 aliphatic carbocycles. The van der Waals surface area contributed by atoms with Crippen LogP contribution in [0.4, 0.5) is 4.39 Å². The van der Waals surface area contributed by atoms with Crippen molar-refractivity contribution in [3.63, 3.8) is 0 Å². The van der Waals surface area contributed by atoms with Gasteiger partial charge in [0.1, 0.15) is 5.82 Å². The van der Waals surface area contributed by atoms with Crippen molar-refractivity contribution in [1.29, 1.82) is 0 Å². The minimum Gasteiger partial charge on any atom is -0.359 e. The van der Waals surface area contributed by atoms with Gasteiger partial charge in [-0.2, -0.15) is 0 Å². The molecule has 4 rings (SSSR count). The first kappa shape index (κ1) is 10.8. The van der Waals surface area contributed by atoms with Gasteiger partial charge >= 0.3 is 0 Å². The fraction of sp³-hybridized carbons (Fsp3) is 0. The summed E-state index contributed by atoms with van der Waals surface area (Å²) in [7, 11) is 0. The van der Waals surface area contributed by atoms with Gasteiger partial charge in [0, 0.05) is 21.8 Å². The summed E-state index contributed by atoms with van der Waals surface area (Å²) in [5.41, 5.74) is 3.34. The number of thiophene rings is 1. The van der Waals surface area contributed by atoms with Crippen molar-refractivity contribution in [2.45, 2.75) is 0 Å². The molecule has 0 saturated heterocycles. The Labute approximate surface area is 113 Å². The molecular formula is C16H10FNS. The first-order chi connectivity index (χ1) is 9.33. The number of hydrogen-bond acceptors (Lipinski definition) is 1. The normalized spacial score (nSPS) is 11.4. The molecule has 19 heavy (non-hydrogen) atoms. The first-order valence-electron chi connectivity index (χ1n) is 6.07. The van der Waals surface area contributed by atoms with Gasteiger partial charge in [-0.05, 0) is 23.8 Å². The lowest BCUT2D eigenvalue weighted by Gasteiger charge is -1.97. The minimum absolute atomic E-state index is 0.202. The number of H-pyrrole nitrogens is 1. The van der Waals surface area contributed by atoms with Crippen LogP contribution < -0.4 is 0 Å². The fourth-order valence-electron chi connectivity index (χ4n) is 2.43. The second-order valence-electron chi connectivity index (χ2n) is 4.51. The Balaban J connectivity index is 2.02. The van der Waals surface area contributed by atoms with Gasteiger partial charge in [-0.3, -0.25) is 0 Å². The molecule has 0 radical (unpaired) electrons. The van der Waals surface area contributed by atoms with Crippen molar-refractivity contribution >= 4 is 31.6 Å². The lowest BCUT2D eigenvalue weighted by molar-refractivity contribution is 0.628. The highest BCUT2D eigenvalue weighted by Gasteiger charge is 2.11. The van der Waals surface area contributed by atoms with E-state index >= 15 is 0 Å². The average Bonchev–Trinajstić information content (AvgIpc) is 2.98. The van der Waals surface area contributed by atoms with Crippen LogP contribution in [-0.2, 0) is 0 Å². The number of aromatic amines is 1. The second kappa shape index (κ2) is 3.93. The van der Waals surface area contributed by atoms with E-state index in [-0.39, 0.29) is 5.82 Å². The highest BCUT2D eigenvalue weighted by atomic mass is 32.1. The number of halogens is 1. The van der Waals surface area contributed by atoms with Crippen LogP contribution in [0.25, 0.3) is 31.4 Å². The second-order valence-corrected chi connectivity index (χ2v) is 5.56. The zero-order chi connectivity index (χ0) is 12.8. The van der Waals surface area contributed by atoms with E-state index in [4.69, 9.17) is 0 Å². The molecule has 92 valence electrons. The monoisotopic (exact) mass is 267 g/mol. The molecule has 4 aromatic rings. The molecule has 0 unspecified atom stereocenters. The number of fused-ring (bicyclic) bond motifs is 3. The van der Waals surface area contributed by atoms with Gasteiger partial charge < -0.3 is 4.98 Å². The smallest absolute Gasteiger partial charge is 0.123 e. The van der Waals surface area contributed by atoms with Crippen LogP contribution in [-0.4, -0.2) is 4.98 Å². The largest absolute Gasteiger partial charge is 0.359 e. The Kier molecular flexibility index (Phi) is 2.23. The van der Waals surface area contributed by atoms with E-state index in [0.29, 0.717) is 0 Å². The van der Waals surface area contributed by atoms with Gasteiger partial charge in [0.05, 0.1) is 10.2 Å². The highest BCUT2D eigenvalue weighted by molar-refractivity contribution is 7.26. The maximum Gasteiger partial charge on any atom is 0.123 e. The van der Waals surface area contributed by atoms with Crippen LogP contribution in [0, 0.1) is 5.82 Å². The molecule has 0 atom stereocenters. The summed E-state index contributed by atoms with van der Waals surface area (Å²) >= 11 is 1.77. The molecule has 1 nitrogen and oxygen atoms in total. The summed E-state index contributed by atoms with van der Waals surface area (Å²) in [5.74, 6) is -0.202. The summed E-state index contributed by atoms with van der Waals surface area (Å²) in [5, 5.41) is 1.25. The Morgan fingerprint density at radius 2 is 1.74 bits per heavy atom. The third-order valence-electron chi connectivity index (χ3n) is 3.36. The van der Waals surface area contributed by atoms with Crippen LogP contribution in [0.3, 0.4) is 0 Å². The van der Waals surface area contributed by atoms with Crippen molar-refractivity contribution in [3.8, 4) is 11.1 Å². The van der Waals surface area contributed by atoms with E-state index in [1.54, 1.807) is 11.3 Å². The van der Waals surface area contributed by atoms with Gasteiger partial charge in [-0.25, -0.2) is 4.39 Å². The van der Waals surface area contributed by atoms with Gasteiger partial charge in [-0.15, -0.1) is 11.3 Å². The van der Waals surface area contributed by atoms with Crippen LogP contribution in [0.5, 0.6) is 0 Å². The summed E-state index contributed by atoms with van der Waals surface area (Å²) < 4.78 is 15.5. The van der Waals surface area contributed by atoms with E-state index < -0.39 is 0 Å². The predicted molar refractivity (Wildman–Crippen MR) is 79.1 cm³/mol. The van der Waals surface area contributed by atoms with Crippen molar-refractivity contribution in [2.24, 2.45) is 0 Å². The predicted octanol–water partition coefficient (Wildman–Crippen LogP) is 5.19. The number of aromatic nitrogens is 1. The van der Waals surface area contributed by atoms with Gasteiger partial charge in [-0.1, -0.05) is 30.3 Å². The van der Waals surface area contributed by atoms with Crippen LogP contribution in [0.15, 0.2) is 54.7 Å². The summed E-state index contributed by atoms with van der Waals surface area (Å²) in [4.78, 5) is 3.34. The molecule has 1 N–H and O–H groups in total. The SMILES string of the molecule is Fc1ccc(-c2c[nH]c3c2sc2ccccc23)cc1. The van der Waals surface area contributed by atoms with Crippen molar-refractivity contribution in [3.05, 3.63) is 60.5 Å². The van der Waals surface area contributed by atoms with Crippen LogP contribution in [0.1, 0.15) is 0 Å². The van der Waals surface area contributed by atoms with E-state index in [0.717, 1.165) is 11.1 Å². The lowest BCUT2D eigenvalue weighted by atomic mass is 10.1. The Morgan fingerprint density at radius 3 is 2.58 bits per heavy atom. The highest BCUT2D eigenvalue weighted by Crippen LogP contribution is 2.39. The molecule has 0 amide bonds. The molecule has 3 heteroatoms. The van der Waals surface area contributed by atoms with E-state index in [1.807, 2.05) is 24.4 Å². The van der Waals surface area contributed by atoms with Crippen LogP contribution >= 0.6 is 11.3 Å². The maximum absolute atomic E-state index is 13.0. The molecule has 2 aromatic carbocycles. The fourth-order valence-corrected chi connectivity index (χ4v) is 3.64. The van der Waals surface area contributed by atoms with E-state index in [9.17, 15) is 4.39 Å².